The van der Waals surface area contributed by atoms with Crippen LogP contribution in [0.2, 0.25) is 0 Å². The summed E-state index contributed by atoms with van der Waals surface area (Å²) in [7, 11) is 3.11. The number of nitrogens with one attached hydrogen (secondary N) is 1. The molecule has 1 aromatic heterocycles. The molecule has 1 aliphatic rings. The molecule has 0 aliphatic heterocycles. The van der Waals surface area contributed by atoms with Crippen molar-refractivity contribution in [2.45, 2.75) is 23.9 Å². The number of thioether (sulfide) groups is 1. The first-order valence-electron chi connectivity index (χ1n) is 7.47. The topological polar surface area (TPSA) is 104 Å². The quantitative estimate of drug-likeness (QED) is 0.578. The van der Waals surface area contributed by atoms with Crippen LogP contribution in [-0.4, -0.2) is 40.8 Å². The number of hydrogen-bond acceptors (Lipinski definition) is 7. The number of nitrogen functional groups attached to an aromatic ring is 1. The molecule has 0 bridgehead atoms. The van der Waals surface area contributed by atoms with E-state index in [1.165, 1.54) is 16.4 Å². The van der Waals surface area contributed by atoms with Crippen LogP contribution in [0.4, 0.5) is 5.69 Å². The zero-order chi connectivity index (χ0) is 17.1. The van der Waals surface area contributed by atoms with Crippen molar-refractivity contribution in [2.75, 3.05) is 31.1 Å². The van der Waals surface area contributed by atoms with Crippen molar-refractivity contribution in [3.05, 3.63) is 24.0 Å². The van der Waals surface area contributed by atoms with Crippen LogP contribution in [0, 0.1) is 0 Å². The van der Waals surface area contributed by atoms with E-state index in [2.05, 4.69) is 15.5 Å². The van der Waals surface area contributed by atoms with Crippen molar-refractivity contribution in [2.24, 2.45) is 0 Å². The van der Waals surface area contributed by atoms with Gasteiger partial charge in [0, 0.05) is 17.7 Å². The normalized spacial score (nSPS) is 13.6. The van der Waals surface area contributed by atoms with Crippen LogP contribution in [0.5, 0.6) is 11.5 Å². The summed E-state index contributed by atoms with van der Waals surface area (Å²) in [4.78, 5) is 12.1. The second kappa shape index (κ2) is 7.00. The summed E-state index contributed by atoms with van der Waals surface area (Å²) in [5.74, 6) is 8.35. The van der Waals surface area contributed by atoms with Crippen LogP contribution in [-0.2, 0) is 4.79 Å². The van der Waals surface area contributed by atoms with Crippen molar-refractivity contribution in [1.82, 2.24) is 14.9 Å². The lowest BCUT2D eigenvalue weighted by Crippen LogP contribution is -2.17. The molecule has 8 nitrogen and oxygen atoms in total. The molecule has 0 radical (unpaired) electrons. The van der Waals surface area contributed by atoms with E-state index in [1.807, 2.05) is 0 Å². The van der Waals surface area contributed by atoms with E-state index in [0.717, 1.165) is 18.7 Å². The number of amides is 1. The molecule has 3 rings (SSSR count). The molecule has 9 heteroatoms. The summed E-state index contributed by atoms with van der Waals surface area (Å²) in [5, 5.41) is 11.5. The Labute approximate surface area is 143 Å². The van der Waals surface area contributed by atoms with E-state index in [1.54, 1.807) is 32.4 Å². The third kappa shape index (κ3) is 3.56. The molecule has 24 heavy (non-hydrogen) atoms. The fraction of sp³-hybridized carbons (Fsp3) is 0.400. The maximum atomic E-state index is 12.1. The Morgan fingerprint density at radius 3 is 2.75 bits per heavy atom. The predicted octanol–water partition coefficient (Wildman–Crippen LogP) is 1.62. The van der Waals surface area contributed by atoms with E-state index in [9.17, 15) is 4.79 Å². The van der Waals surface area contributed by atoms with Gasteiger partial charge in [0.2, 0.25) is 11.1 Å². The van der Waals surface area contributed by atoms with Gasteiger partial charge in [-0.2, -0.15) is 0 Å². The van der Waals surface area contributed by atoms with Gasteiger partial charge in [-0.15, -0.1) is 10.2 Å². The van der Waals surface area contributed by atoms with Crippen molar-refractivity contribution in [1.29, 1.82) is 0 Å². The third-order valence-corrected chi connectivity index (χ3v) is 4.58. The lowest BCUT2D eigenvalue weighted by molar-refractivity contribution is -0.113. The molecule has 1 aliphatic carbocycles. The average molecular weight is 349 g/mol. The minimum Gasteiger partial charge on any atom is -0.493 e. The van der Waals surface area contributed by atoms with Gasteiger partial charge in [-0.25, -0.2) is 4.68 Å². The van der Waals surface area contributed by atoms with Gasteiger partial charge in [-0.1, -0.05) is 11.8 Å². The molecule has 0 unspecified atom stereocenters. The number of anilines is 1. The van der Waals surface area contributed by atoms with E-state index in [-0.39, 0.29) is 11.7 Å². The van der Waals surface area contributed by atoms with Gasteiger partial charge >= 0.3 is 0 Å². The van der Waals surface area contributed by atoms with Crippen LogP contribution in [0.15, 0.2) is 23.4 Å². The lowest BCUT2D eigenvalue weighted by atomic mass is 10.2. The molecular weight excluding hydrogens is 330 g/mol. The molecule has 0 saturated heterocycles. The number of benzene rings is 1. The summed E-state index contributed by atoms with van der Waals surface area (Å²) >= 11 is 1.25. The van der Waals surface area contributed by atoms with Gasteiger partial charge in [-0.3, -0.25) is 4.79 Å². The predicted molar refractivity (Wildman–Crippen MR) is 91.0 cm³/mol. The largest absolute Gasteiger partial charge is 0.493 e. The first-order chi connectivity index (χ1) is 11.6. The van der Waals surface area contributed by atoms with Crippen molar-refractivity contribution < 1.29 is 14.3 Å². The molecular formula is C15H19N5O3S. The minimum atomic E-state index is -0.164. The maximum absolute atomic E-state index is 12.1. The minimum absolute atomic E-state index is 0.164. The van der Waals surface area contributed by atoms with E-state index in [4.69, 9.17) is 15.3 Å². The second-order valence-electron chi connectivity index (χ2n) is 5.39. The van der Waals surface area contributed by atoms with Gasteiger partial charge in [0.25, 0.3) is 0 Å². The maximum Gasteiger partial charge on any atom is 0.234 e. The van der Waals surface area contributed by atoms with Gasteiger partial charge in [-0.05, 0) is 25.0 Å². The highest BCUT2D eigenvalue weighted by molar-refractivity contribution is 7.99. The molecule has 1 amide bonds. The number of hydrogen-bond donors (Lipinski definition) is 2. The Hall–Kier alpha value is -2.42. The summed E-state index contributed by atoms with van der Waals surface area (Å²) < 4.78 is 11.9. The molecule has 1 fully saturated rings. The molecule has 1 heterocycles. The van der Waals surface area contributed by atoms with Crippen LogP contribution >= 0.6 is 11.8 Å². The average Bonchev–Trinajstić information content (AvgIpc) is 3.36. The lowest BCUT2D eigenvalue weighted by Gasteiger charge is -2.10. The summed E-state index contributed by atoms with van der Waals surface area (Å²) in [6.45, 7) is 0. The smallest absolute Gasteiger partial charge is 0.234 e. The highest BCUT2D eigenvalue weighted by atomic mass is 32.2. The molecule has 1 saturated carbocycles. The summed E-state index contributed by atoms with van der Waals surface area (Å²) in [6, 6.07) is 5.19. The van der Waals surface area contributed by atoms with E-state index >= 15 is 0 Å². The molecule has 0 spiro atoms. The van der Waals surface area contributed by atoms with Gasteiger partial charge < -0.3 is 20.6 Å². The zero-order valence-electron chi connectivity index (χ0n) is 13.5. The van der Waals surface area contributed by atoms with Crippen LogP contribution in [0.25, 0.3) is 0 Å². The van der Waals surface area contributed by atoms with E-state index < -0.39 is 0 Å². The van der Waals surface area contributed by atoms with Gasteiger partial charge in [0.1, 0.15) is 0 Å². The van der Waals surface area contributed by atoms with Crippen molar-refractivity contribution in [3.8, 4) is 11.5 Å². The fourth-order valence-electron chi connectivity index (χ4n) is 2.25. The number of methoxy groups -OCH3 is 2. The Morgan fingerprint density at radius 1 is 1.33 bits per heavy atom. The second-order valence-corrected chi connectivity index (χ2v) is 6.33. The fourth-order valence-corrected chi connectivity index (χ4v) is 2.91. The SMILES string of the molecule is COc1ccc(NC(=O)CSc2nnc(C3CC3)n2N)cc1OC. The number of rotatable bonds is 7. The zero-order valence-corrected chi connectivity index (χ0v) is 14.3. The molecule has 0 atom stereocenters. The number of ether oxygens (including phenoxy) is 2. The molecule has 2 aromatic rings. The van der Waals surface area contributed by atoms with Crippen LogP contribution in [0.1, 0.15) is 24.6 Å². The molecule has 128 valence electrons. The van der Waals surface area contributed by atoms with Crippen molar-refractivity contribution in [3.63, 3.8) is 0 Å². The number of nitrogens with two attached hydrogens (primary N) is 1. The molecule has 3 N–H and O–H groups in total. The van der Waals surface area contributed by atoms with Gasteiger partial charge in [0.05, 0.1) is 20.0 Å². The highest BCUT2D eigenvalue weighted by Gasteiger charge is 2.30. The highest BCUT2D eigenvalue weighted by Crippen LogP contribution is 2.39. The van der Waals surface area contributed by atoms with E-state index in [0.29, 0.717) is 28.3 Å². The number of nitrogens with zero attached hydrogens (tertiary/aromatic N) is 3. The monoisotopic (exact) mass is 349 g/mol. The first-order valence-corrected chi connectivity index (χ1v) is 8.46. The molecule has 1 aromatic carbocycles. The van der Waals surface area contributed by atoms with Crippen LogP contribution < -0.4 is 20.6 Å². The Bertz CT molecular complexity index is 745. The van der Waals surface area contributed by atoms with Crippen molar-refractivity contribution >= 4 is 23.4 Å². The standard InChI is InChI=1S/C15H19N5O3S/c1-22-11-6-5-10(7-12(11)23-2)17-13(21)8-24-15-19-18-14(20(15)16)9-3-4-9/h5-7,9H,3-4,8,16H2,1-2H3,(H,17,21). The summed E-state index contributed by atoms with van der Waals surface area (Å²) in [6.07, 6.45) is 2.19. The Kier molecular flexibility index (Phi) is 4.79. The number of carbonyl (C=O) groups excluding carboxylic acids is 1. The Balaban J connectivity index is 1.57. The van der Waals surface area contributed by atoms with Gasteiger partial charge in [0.15, 0.2) is 17.3 Å². The third-order valence-electron chi connectivity index (χ3n) is 3.63. The summed E-state index contributed by atoms with van der Waals surface area (Å²) in [5.41, 5.74) is 0.631. The van der Waals surface area contributed by atoms with Crippen LogP contribution in [0.3, 0.4) is 0 Å². The Morgan fingerprint density at radius 2 is 2.08 bits per heavy atom. The number of carbonyl (C=O) groups is 1. The first kappa shape index (κ1) is 16.4. The number of aromatic nitrogens is 3.